The average Bonchev–Trinajstić information content (AvgIpc) is 2.98. The van der Waals surface area contributed by atoms with Gasteiger partial charge in [-0.05, 0) is 39.2 Å². The van der Waals surface area contributed by atoms with Crippen molar-refractivity contribution < 1.29 is 41.2 Å². The third-order valence-corrected chi connectivity index (χ3v) is 5.51. The van der Waals surface area contributed by atoms with Gasteiger partial charge < -0.3 is 15.0 Å². The van der Waals surface area contributed by atoms with Gasteiger partial charge in [-0.1, -0.05) is 30.3 Å². The summed E-state index contributed by atoms with van der Waals surface area (Å²) in [4.78, 5) is 51.4. The lowest BCUT2D eigenvalue weighted by molar-refractivity contribution is -0.132. The second-order valence-corrected chi connectivity index (χ2v) is 9.98. The highest BCUT2D eigenvalue weighted by Crippen LogP contribution is 2.30. The van der Waals surface area contributed by atoms with E-state index in [4.69, 9.17) is 9.29 Å². The molecule has 0 aromatic heterocycles. The van der Waals surface area contributed by atoms with Gasteiger partial charge in [0.15, 0.2) is 0 Å². The van der Waals surface area contributed by atoms with Gasteiger partial charge in [-0.3, -0.25) is 25.0 Å². The van der Waals surface area contributed by atoms with E-state index in [0.29, 0.717) is 10.6 Å². The van der Waals surface area contributed by atoms with E-state index < -0.39 is 58.1 Å². The molecule has 0 spiro atoms. The average molecular weight is 514 g/mol. The lowest BCUT2D eigenvalue weighted by atomic mass is 10.0. The molecular formula is C20H27N5O9S. The number of fused-ring (bicyclic) bond motifs is 2. The number of urea groups is 1. The third-order valence-electron chi connectivity index (χ3n) is 5.17. The number of nitrogens with zero attached hydrogens (tertiary/aromatic N) is 2. The topological polar surface area (TPSA) is 184 Å². The first-order valence-electron chi connectivity index (χ1n) is 10.7. The van der Waals surface area contributed by atoms with E-state index in [9.17, 15) is 27.6 Å². The van der Waals surface area contributed by atoms with Crippen molar-refractivity contribution in [1.82, 2.24) is 26.1 Å². The number of piperidine rings is 1. The fourth-order valence-corrected chi connectivity index (χ4v) is 4.14. The molecule has 2 aliphatic heterocycles. The number of ether oxygens (including phenoxy) is 1. The largest absolute Gasteiger partial charge is 0.444 e. The van der Waals surface area contributed by atoms with Gasteiger partial charge in [0.1, 0.15) is 17.7 Å². The Bertz CT molecular complexity index is 1090. The molecule has 2 heterocycles. The summed E-state index contributed by atoms with van der Waals surface area (Å²) in [5.41, 5.74) is 4.11. The molecule has 1 unspecified atom stereocenters. The molecule has 1 aromatic carbocycles. The second-order valence-electron chi connectivity index (χ2n) is 8.98. The number of hydrazine groups is 1. The van der Waals surface area contributed by atoms with Crippen LogP contribution in [0.3, 0.4) is 0 Å². The van der Waals surface area contributed by atoms with Crippen LogP contribution in [0.5, 0.6) is 0 Å². The van der Waals surface area contributed by atoms with E-state index in [2.05, 4.69) is 20.5 Å². The Morgan fingerprint density at radius 2 is 1.77 bits per heavy atom. The molecule has 192 valence electrons. The molecule has 15 heteroatoms. The Kier molecular flexibility index (Phi) is 7.52. The number of nitrogens with one attached hydrogen (secondary N) is 3. The summed E-state index contributed by atoms with van der Waals surface area (Å²) < 4.78 is 40.4. The number of hydrogen-bond acceptors (Lipinski definition) is 8. The molecule has 5 amide bonds. The summed E-state index contributed by atoms with van der Waals surface area (Å²) in [5.74, 6) is -1.50. The summed E-state index contributed by atoms with van der Waals surface area (Å²) in [7, 11) is -4.92. The lowest BCUT2D eigenvalue weighted by Crippen LogP contribution is -2.55. The zero-order chi connectivity index (χ0) is 26.0. The van der Waals surface area contributed by atoms with E-state index >= 15 is 0 Å². The third kappa shape index (κ3) is 6.80. The van der Waals surface area contributed by atoms with E-state index in [1.54, 1.807) is 51.1 Å². The van der Waals surface area contributed by atoms with Crippen molar-refractivity contribution in [3.8, 4) is 0 Å². The Labute approximate surface area is 201 Å². The number of hydrogen-bond donors (Lipinski definition) is 4. The zero-order valence-electron chi connectivity index (χ0n) is 19.3. The molecular weight excluding hydrogens is 486 g/mol. The van der Waals surface area contributed by atoms with Crippen molar-refractivity contribution in [2.75, 3.05) is 6.54 Å². The number of carbonyl (C=O) groups is 4. The SMILES string of the molecule is CC(C)(C)OC(=O)NC(C(=O)NNC(=O)[C@@H]1CC[C@@H]2CN1C(=O)N2OS(=O)(=O)O)c1ccccc1. The van der Waals surface area contributed by atoms with Crippen molar-refractivity contribution in [3.05, 3.63) is 35.9 Å². The van der Waals surface area contributed by atoms with E-state index in [1.165, 1.54) is 0 Å². The molecule has 2 saturated heterocycles. The predicted octanol–water partition coefficient (Wildman–Crippen LogP) is 0.403. The zero-order valence-corrected chi connectivity index (χ0v) is 20.1. The lowest BCUT2D eigenvalue weighted by Gasteiger charge is -2.29. The molecule has 4 N–H and O–H groups in total. The van der Waals surface area contributed by atoms with Gasteiger partial charge in [0.25, 0.3) is 11.8 Å². The Morgan fingerprint density at radius 1 is 1.11 bits per heavy atom. The van der Waals surface area contributed by atoms with E-state index in [-0.39, 0.29) is 19.4 Å². The number of amides is 5. The smallest absolute Gasteiger partial charge is 0.418 e. The molecule has 0 saturated carbocycles. The summed E-state index contributed by atoms with van der Waals surface area (Å²) in [5, 5.41) is 2.97. The monoisotopic (exact) mass is 513 g/mol. The standard InChI is InChI=1S/C20H27N5O9S/c1-20(2,3)33-18(28)21-15(12-7-5-4-6-8-12)17(27)23-22-16(26)14-10-9-13-11-24(14)19(29)25(13)34-35(30,31)32/h4-8,13-15H,9-11H2,1-3H3,(H,21,28)(H,22,26)(H,23,27)(H,30,31,32)/t13-,14+,15?/m1/s1. The normalized spacial score (nSPS) is 20.7. The molecule has 0 radical (unpaired) electrons. The molecule has 2 bridgehead atoms. The number of hydroxylamine groups is 2. The molecule has 3 rings (SSSR count). The first-order chi connectivity index (χ1) is 16.2. The maximum Gasteiger partial charge on any atom is 0.418 e. The minimum atomic E-state index is -4.92. The van der Waals surface area contributed by atoms with Crippen LogP contribution < -0.4 is 16.2 Å². The van der Waals surface area contributed by atoms with Crippen LogP contribution in [0.25, 0.3) is 0 Å². The van der Waals surface area contributed by atoms with Crippen LogP contribution >= 0.6 is 0 Å². The van der Waals surface area contributed by atoms with Gasteiger partial charge >= 0.3 is 22.5 Å². The van der Waals surface area contributed by atoms with Crippen LogP contribution in [0, 0.1) is 0 Å². The van der Waals surface area contributed by atoms with Crippen LogP contribution in [0.4, 0.5) is 9.59 Å². The summed E-state index contributed by atoms with van der Waals surface area (Å²) in [6.07, 6.45) is -0.467. The fourth-order valence-electron chi connectivity index (χ4n) is 3.75. The molecule has 3 atom stereocenters. The quantitative estimate of drug-likeness (QED) is 0.309. The van der Waals surface area contributed by atoms with Crippen LogP contribution in [0.15, 0.2) is 30.3 Å². The molecule has 2 aliphatic rings. The van der Waals surface area contributed by atoms with E-state index in [1.807, 2.05) is 0 Å². The number of carbonyl (C=O) groups excluding carboxylic acids is 4. The predicted molar refractivity (Wildman–Crippen MR) is 118 cm³/mol. The maximum absolute atomic E-state index is 12.9. The number of rotatable bonds is 6. The fraction of sp³-hybridized carbons (Fsp3) is 0.500. The van der Waals surface area contributed by atoms with Gasteiger partial charge in [-0.2, -0.15) is 13.5 Å². The summed E-state index contributed by atoms with van der Waals surface area (Å²) >= 11 is 0. The molecule has 35 heavy (non-hydrogen) atoms. The van der Waals surface area contributed by atoms with Crippen molar-refractivity contribution in [2.45, 2.75) is 57.3 Å². The van der Waals surface area contributed by atoms with Gasteiger partial charge in [0.05, 0.1) is 6.04 Å². The highest BCUT2D eigenvalue weighted by molar-refractivity contribution is 7.80. The number of alkyl carbamates (subject to hydrolysis) is 1. The van der Waals surface area contributed by atoms with Crippen molar-refractivity contribution in [3.63, 3.8) is 0 Å². The van der Waals surface area contributed by atoms with Crippen LogP contribution in [-0.2, 0) is 29.0 Å². The minimum Gasteiger partial charge on any atom is -0.444 e. The van der Waals surface area contributed by atoms with Crippen molar-refractivity contribution in [1.29, 1.82) is 0 Å². The van der Waals surface area contributed by atoms with Crippen LogP contribution in [0.1, 0.15) is 45.2 Å². The number of benzene rings is 1. The Morgan fingerprint density at radius 3 is 2.37 bits per heavy atom. The highest BCUT2D eigenvalue weighted by Gasteiger charge is 2.49. The summed E-state index contributed by atoms with van der Waals surface area (Å²) in [6.45, 7) is 5.00. The minimum absolute atomic E-state index is 0.00672. The highest BCUT2D eigenvalue weighted by atomic mass is 32.3. The van der Waals surface area contributed by atoms with Gasteiger partial charge in [0, 0.05) is 6.54 Å². The van der Waals surface area contributed by atoms with E-state index in [0.717, 1.165) is 4.90 Å². The molecule has 1 aromatic rings. The van der Waals surface area contributed by atoms with Gasteiger partial charge in [0.2, 0.25) is 0 Å². The van der Waals surface area contributed by atoms with Crippen LogP contribution in [-0.4, -0.2) is 71.1 Å². The second kappa shape index (κ2) is 10.1. The van der Waals surface area contributed by atoms with Crippen LogP contribution in [0.2, 0.25) is 0 Å². The van der Waals surface area contributed by atoms with Gasteiger partial charge in [-0.25, -0.2) is 9.59 Å². The first-order valence-corrected chi connectivity index (χ1v) is 12.0. The molecule has 14 nitrogen and oxygen atoms in total. The first kappa shape index (κ1) is 26.2. The maximum atomic E-state index is 12.9. The Balaban J connectivity index is 1.65. The summed E-state index contributed by atoms with van der Waals surface area (Å²) in [6, 6.07) is 4.48. The van der Waals surface area contributed by atoms with Gasteiger partial charge in [-0.15, -0.1) is 4.28 Å². The van der Waals surface area contributed by atoms with Crippen molar-refractivity contribution >= 4 is 34.3 Å². The Hall–Kier alpha value is -3.43. The molecule has 0 aliphatic carbocycles. The molecule has 2 fully saturated rings. The van der Waals surface area contributed by atoms with Crippen molar-refractivity contribution in [2.24, 2.45) is 0 Å².